The van der Waals surface area contributed by atoms with Crippen molar-refractivity contribution in [3.63, 3.8) is 0 Å². The predicted molar refractivity (Wildman–Crippen MR) is 87.9 cm³/mol. The zero-order valence-electron chi connectivity index (χ0n) is 11.1. The van der Waals surface area contributed by atoms with E-state index in [0.717, 1.165) is 28.8 Å². The third-order valence-corrected chi connectivity index (χ3v) is 5.60. The third kappa shape index (κ3) is 3.78. The second-order valence-corrected chi connectivity index (χ2v) is 8.28. The van der Waals surface area contributed by atoms with Crippen molar-refractivity contribution in [1.29, 1.82) is 0 Å². The molecule has 3 nitrogen and oxygen atoms in total. The van der Waals surface area contributed by atoms with Crippen LogP contribution in [0.4, 0.5) is 0 Å². The summed E-state index contributed by atoms with van der Waals surface area (Å²) < 4.78 is 1.00. The first-order valence-corrected chi connectivity index (χ1v) is 8.37. The molecule has 1 fully saturated rings. The molecule has 0 spiro atoms. The number of carbonyl (C=O) groups is 1. The number of amides is 1. The monoisotopic (exact) mass is 391 g/mol. The molecule has 1 aliphatic rings. The van der Waals surface area contributed by atoms with Gasteiger partial charge >= 0.3 is 0 Å². The van der Waals surface area contributed by atoms with Gasteiger partial charge < -0.3 is 10.0 Å². The molecule has 0 saturated carbocycles. The Morgan fingerprint density at radius 1 is 1.42 bits per heavy atom. The summed E-state index contributed by atoms with van der Waals surface area (Å²) in [7, 11) is 0. The van der Waals surface area contributed by atoms with Gasteiger partial charge in [0, 0.05) is 29.2 Å². The molecule has 2 rings (SSSR count). The van der Waals surface area contributed by atoms with E-state index in [2.05, 4.69) is 36.4 Å². The lowest BCUT2D eigenvalue weighted by Gasteiger charge is -2.22. The van der Waals surface area contributed by atoms with Crippen LogP contribution in [0.15, 0.2) is 18.2 Å². The van der Waals surface area contributed by atoms with Gasteiger partial charge in [-0.05, 0) is 47.2 Å². The standard InChI is InChI=1S/C14H18INO2S/c1-14(2)5-6-16(7-8-19-14)13(18)10-3-4-11(15)12(17)9-10/h3-4,9,17H,5-8H2,1-2H3. The van der Waals surface area contributed by atoms with E-state index >= 15 is 0 Å². The minimum absolute atomic E-state index is 0.0185. The number of hydrogen-bond acceptors (Lipinski definition) is 3. The van der Waals surface area contributed by atoms with E-state index in [1.165, 1.54) is 0 Å². The number of halogens is 1. The Balaban J connectivity index is 2.13. The molecule has 0 unspecified atom stereocenters. The van der Waals surface area contributed by atoms with E-state index in [1.807, 2.05) is 16.7 Å². The Hall–Kier alpha value is -0.430. The summed E-state index contributed by atoms with van der Waals surface area (Å²) in [5.74, 6) is 1.16. The maximum atomic E-state index is 12.4. The first-order valence-electron chi connectivity index (χ1n) is 6.31. The first-order chi connectivity index (χ1) is 8.89. The second kappa shape index (κ2) is 5.91. The van der Waals surface area contributed by atoms with Crippen LogP contribution in [0.2, 0.25) is 0 Å². The van der Waals surface area contributed by atoms with E-state index in [1.54, 1.807) is 18.2 Å². The van der Waals surface area contributed by atoms with Crippen LogP contribution in [0.5, 0.6) is 5.75 Å². The predicted octanol–water partition coefficient (Wildman–Crippen LogP) is 3.35. The lowest BCUT2D eigenvalue weighted by atomic mass is 10.1. The van der Waals surface area contributed by atoms with Crippen LogP contribution in [0.1, 0.15) is 30.6 Å². The fourth-order valence-corrected chi connectivity index (χ4v) is 3.49. The van der Waals surface area contributed by atoms with Crippen LogP contribution in [-0.4, -0.2) is 39.5 Å². The molecule has 0 atom stereocenters. The number of rotatable bonds is 1. The van der Waals surface area contributed by atoms with Gasteiger partial charge in [0.1, 0.15) is 5.75 Å². The van der Waals surface area contributed by atoms with Crippen molar-refractivity contribution < 1.29 is 9.90 Å². The number of thioether (sulfide) groups is 1. The minimum atomic E-state index is 0.0185. The highest BCUT2D eigenvalue weighted by Gasteiger charge is 2.26. The summed E-state index contributed by atoms with van der Waals surface area (Å²) >= 11 is 3.97. The van der Waals surface area contributed by atoms with Gasteiger partial charge in [-0.1, -0.05) is 13.8 Å². The number of phenols is 1. The Kier molecular flexibility index (Phi) is 4.66. The Labute approximate surface area is 131 Å². The molecule has 1 amide bonds. The van der Waals surface area contributed by atoms with Gasteiger partial charge in [-0.3, -0.25) is 4.79 Å². The average Bonchev–Trinajstić information content (AvgIpc) is 2.53. The van der Waals surface area contributed by atoms with Crippen LogP contribution >= 0.6 is 34.4 Å². The van der Waals surface area contributed by atoms with Crippen LogP contribution in [0.3, 0.4) is 0 Å². The fraction of sp³-hybridized carbons (Fsp3) is 0.500. The highest BCUT2D eigenvalue weighted by atomic mass is 127. The third-order valence-electron chi connectivity index (χ3n) is 3.32. The van der Waals surface area contributed by atoms with Crippen molar-refractivity contribution in [3.05, 3.63) is 27.3 Å². The first kappa shape index (κ1) is 15.0. The lowest BCUT2D eigenvalue weighted by molar-refractivity contribution is 0.0764. The summed E-state index contributed by atoms with van der Waals surface area (Å²) in [6, 6.07) is 5.12. The highest BCUT2D eigenvalue weighted by molar-refractivity contribution is 14.1. The number of aromatic hydroxyl groups is 1. The number of hydrogen-bond donors (Lipinski definition) is 1. The SMILES string of the molecule is CC1(C)CCN(C(=O)c2ccc(I)c(O)c2)CCS1. The maximum absolute atomic E-state index is 12.4. The molecule has 0 bridgehead atoms. The molecule has 1 heterocycles. The van der Waals surface area contributed by atoms with Crippen LogP contribution in [-0.2, 0) is 0 Å². The Morgan fingerprint density at radius 3 is 2.84 bits per heavy atom. The summed E-state index contributed by atoms with van der Waals surface area (Å²) in [5, 5.41) is 9.70. The van der Waals surface area contributed by atoms with E-state index < -0.39 is 0 Å². The maximum Gasteiger partial charge on any atom is 0.254 e. The van der Waals surface area contributed by atoms with Gasteiger partial charge in [-0.25, -0.2) is 0 Å². The van der Waals surface area contributed by atoms with Crippen LogP contribution < -0.4 is 0 Å². The summed E-state index contributed by atoms with van der Waals surface area (Å²) in [6.45, 7) is 6.01. The number of benzene rings is 1. The van der Waals surface area contributed by atoms with E-state index in [4.69, 9.17) is 0 Å². The Bertz CT molecular complexity index is 490. The summed E-state index contributed by atoms with van der Waals surface area (Å²) in [4.78, 5) is 14.3. The number of nitrogens with zero attached hydrogens (tertiary/aromatic N) is 1. The van der Waals surface area contributed by atoms with Crippen LogP contribution in [0, 0.1) is 3.57 Å². The molecule has 1 N–H and O–H groups in total. The molecule has 0 aromatic heterocycles. The number of carbonyl (C=O) groups excluding carboxylic acids is 1. The molecule has 19 heavy (non-hydrogen) atoms. The zero-order valence-corrected chi connectivity index (χ0v) is 14.1. The molecule has 5 heteroatoms. The van der Waals surface area contributed by atoms with Gasteiger partial charge in [0.25, 0.3) is 5.91 Å². The summed E-state index contributed by atoms with van der Waals surface area (Å²) in [5.41, 5.74) is 0.572. The van der Waals surface area contributed by atoms with Gasteiger partial charge in [0.2, 0.25) is 0 Å². The molecule has 0 aliphatic carbocycles. The van der Waals surface area contributed by atoms with E-state index in [-0.39, 0.29) is 16.4 Å². The largest absolute Gasteiger partial charge is 0.507 e. The molecular weight excluding hydrogens is 373 g/mol. The van der Waals surface area contributed by atoms with Crippen molar-refractivity contribution in [2.24, 2.45) is 0 Å². The fourth-order valence-electron chi connectivity index (χ4n) is 2.05. The average molecular weight is 391 g/mol. The van der Waals surface area contributed by atoms with Gasteiger partial charge in [0.15, 0.2) is 0 Å². The van der Waals surface area contributed by atoms with Crippen molar-refractivity contribution in [2.45, 2.75) is 25.0 Å². The van der Waals surface area contributed by atoms with Crippen molar-refractivity contribution >= 4 is 40.3 Å². The molecule has 1 aromatic rings. The molecular formula is C14H18INO2S. The Morgan fingerprint density at radius 2 is 2.16 bits per heavy atom. The van der Waals surface area contributed by atoms with Gasteiger partial charge in [0.05, 0.1) is 3.57 Å². The van der Waals surface area contributed by atoms with E-state index in [0.29, 0.717) is 5.56 Å². The molecule has 0 radical (unpaired) electrons. The smallest absolute Gasteiger partial charge is 0.254 e. The minimum Gasteiger partial charge on any atom is -0.507 e. The van der Waals surface area contributed by atoms with Gasteiger partial charge in [-0.2, -0.15) is 11.8 Å². The zero-order chi connectivity index (χ0) is 14.0. The second-order valence-electron chi connectivity index (χ2n) is 5.32. The van der Waals surface area contributed by atoms with Crippen molar-refractivity contribution in [2.75, 3.05) is 18.8 Å². The van der Waals surface area contributed by atoms with Crippen molar-refractivity contribution in [1.82, 2.24) is 4.90 Å². The van der Waals surface area contributed by atoms with Gasteiger partial charge in [-0.15, -0.1) is 0 Å². The van der Waals surface area contributed by atoms with Crippen LogP contribution in [0.25, 0.3) is 0 Å². The number of phenolic OH excluding ortho intramolecular Hbond substituents is 1. The lowest BCUT2D eigenvalue weighted by Crippen LogP contribution is -2.33. The molecule has 1 aromatic carbocycles. The van der Waals surface area contributed by atoms with E-state index in [9.17, 15) is 9.90 Å². The topological polar surface area (TPSA) is 40.5 Å². The quantitative estimate of drug-likeness (QED) is 0.747. The molecule has 1 aliphatic heterocycles. The van der Waals surface area contributed by atoms with Crippen molar-refractivity contribution in [3.8, 4) is 5.75 Å². The normalized spacial score (nSPS) is 19.0. The molecule has 104 valence electrons. The summed E-state index contributed by atoms with van der Waals surface area (Å²) in [6.07, 6.45) is 1.000. The highest BCUT2D eigenvalue weighted by Crippen LogP contribution is 2.31. The molecule has 1 saturated heterocycles.